The summed E-state index contributed by atoms with van der Waals surface area (Å²) in [5.74, 6) is -1.08. The van der Waals surface area contributed by atoms with Gasteiger partial charge in [-0.25, -0.2) is 9.18 Å². The number of hydrogen-bond donors (Lipinski definition) is 3. The van der Waals surface area contributed by atoms with Gasteiger partial charge >= 0.3 is 6.03 Å². The Morgan fingerprint density at radius 3 is 2.61 bits per heavy atom. The third-order valence-electron chi connectivity index (χ3n) is 4.11. The van der Waals surface area contributed by atoms with Crippen molar-refractivity contribution < 1.29 is 23.5 Å². The average Bonchev–Trinajstić information content (AvgIpc) is 2.68. The molecule has 1 atom stereocenters. The van der Waals surface area contributed by atoms with Gasteiger partial charge in [-0.1, -0.05) is 24.3 Å². The van der Waals surface area contributed by atoms with Gasteiger partial charge in [-0.3, -0.25) is 14.9 Å². The number of ether oxygens (including phenoxy) is 1. The highest BCUT2D eigenvalue weighted by atomic mass is 19.1. The Bertz CT molecular complexity index is 905. The first-order valence-corrected chi connectivity index (χ1v) is 8.55. The lowest BCUT2D eigenvalue weighted by Gasteiger charge is -2.34. The van der Waals surface area contributed by atoms with Crippen molar-refractivity contribution in [3.05, 3.63) is 54.3 Å². The monoisotopic (exact) mass is 386 g/mol. The molecule has 1 aliphatic rings. The normalized spacial score (nSPS) is 15.1. The van der Waals surface area contributed by atoms with Crippen molar-refractivity contribution in [3.8, 4) is 5.75 Å². The topological polar surface area (TPSA) is 99.8 Å². The Hall–Kier alpha value is -3.62. The van der Waals surface area contributed by atoms with Gasteiger partial charge in [0.25, 0.3) is 5.91 Å². The number of urea groups is 1. The van der Waals surface area contributed by atoms with Gasteiger partial charge in [0.2, 0.25) is 5.91 Å². The predicted octanol–water partition coefficient (Wildman–Crippen LogP) is 1.49. The van der Waals surface area contributed by atoms with E-state index in [0.717, 1.165) is 0 Å². The summed E-state index contributed by atoms with van der Waals surface area (Å²) in [5, 5.41) is 6.95. The SMILES string of the molecule is CNC(=O)[C@H]1CN(CC(=O)NC(=O)Nc2ccccc2F)c2ccccc2O1. The van der Waals surface area contributed by atoms with Crippen LogP contribution in [0.15, 0.2) is 48.5 Å². The summed E-state index contributed by atoms with van der Waals surface area (Å²) in [6, 6.07) is 11.8. The number of benzene rings is 2. The van der Waals surface area contributed by atoms with Crippen LogP contribution in [0.1, 0.15) is 0 Å². The summed E-state index contributed by atoms with van der Waals surface area (Å²) in [5.41, 5.74) is 0.594. The van der Waals surface area contributed by atoms with Gasteiger partial charge in [0.15, 0.2) is 6.10 Å². The fourth-order valence-corrected chi connectivity index (χ4v) is 2.81. The van der Waals surface area contributed by atoms with Crippen LogP contribution in [0, 0.1) is 5.82 Å². The Morgan fingerprint density at radius 2 is 1.86 bits per heavy atom. The van der Waals surface area contributed by atoms with E-state index in [9.17, 15) is 18.8 Å². The molecule has 9 heteroatoms. The minimum atomic E-state index is -0.848. The van der Waals surface area contributed by atoms with Crippen molar-refractivity contribution in [2.24, 2.45) is 0 Å². The maximum atomic E-state index is 13.6. The van der Waals surface area contributed by atoms with Gasteiger partial charge in [-0.15, -0.1) is 0 Å². The number of amides is 4. The molecule has 0 saturated heterocycles. The lowest BCUT2D eigenvalue weighted by molar-refractivity contribution is -0.127. The highest BCUT2D eigenvalue weighted by Crippen LogP contribution is 2.32. The molecule has 2 aromatic carbocycles. The van der Waals surface area contributed by atoms with Crippen molar-refractivity contribution in [1.29, 1.82) is 0 Å². The van der Waals surface area contributed by atoms with Gasteiger partial charge in [0.1, 0.15) is 11.6 Å². The van der Waals surface area contributed by atoms with Crippen LogP contribution in [0.3, 0.4) is 0 Å². The molecule has 0 saturated carbocycles. The third kappa shape index (κ3) is 4.37. The van der Waals surface area contributed by atoms with E-state index < -0.39 is 23.9 Å². The first kappa shape index (κ1) is 19.2. The number of carbonyl (C=O) groups excluding carboxylic acids is 3. The molecule has 1 aliphatic heterocycles. The Balaban J connectivity index is 1.66. The van der Waals surface area contributed by atoms with E-state index in [-0.39, 0.29) is 24.7 Å². The van der Waals surface area contributed by atoms with Crippen LogP contribution in [-0.4, -0.2) is 44.1 Å². The van der Waals surface area contributed by atoms with Crippen LogP contribution in [0.5, 0.6) is 5.75 Å². The summed E-state index contributed by atoms with van der Waals surface area (Å²) < 4.78 is 19.3. The minimum Gasteiger partial charge on any atom is -0.477 e. The number of anilines is 2. The summed E-state index contributed by atoms with van der Waals surface area (Å²) in [4.78, 5) is 37.9. The molecule has 0 fully saturated rings. The second kappa shape index (κ2) is 8.38. The molecule has 0 radical (unpaired) electrons. The number of rotatable bonds is 4. The van der Waals surface area contributed by atoms with Gasteiger partial charge < -0.3 is 20.3 Å². The maximum absolute atomic E-state index is 13.6. The highest BCUT2D eigenvalue weighted by Gasteiger charge is 2.31. The number of hydrogen-bond acceptors (Lipinski definition) is 5. The molecule has 3 N–H and O–H groups in total. The van der Waals surface area contributed by atoms with E-state index in [4.69, 9.17) is 4.74 Å². The zero-order chi connectivity index (χ0) is 20.1. The van der Waals surface area contributed by atoms with Crippen LogP contribution < -0.4 is 25.6 Å². The second-order valence-corrected chi connectivity index (χ2v) is 6.05. The maximum Gasteiger partial charge on any atom is 0.326 e. The lowest BCUT2D eigenvalue weighted by Crippen LogP contribution is -2.51. The zero-order valence-electron chi connectivity index (χ0n) is 15.1. The molecule has 0 spiro atoms. The van der Waals surface area contributed by atoms with Crippen LogP contribution in [0.4, 0.5) is 20.6 Å². The van der Waals surface area contributed by atoms with E-state index >= 15 is 0 Å². The van der Waals surface area contributed by atoms with Crippen LogP contribution >= 0.6 is 0 Å². The highest BCUT2D eigenvalue weighted by molar-refractivity contribution is 6.02. The molecule has 146 valence electrons. The Morgan fingerprint density at radius 1 is 1.14 bits per heavy atom. The standard InChI is InChI=1S/C19H19FN4O4/c1-21-18(26)16-10-24(14-8-4-5-9-15(14)28-16)11-17(25)23-19(27)22-13-7-3-2-6-12(13)20/h2-9,16H,10-11H2,1H3,(H,21,26)(H2,22,23,25,27)/t16-/m1/s1. The molecular formula is C19H19FN4O4. The number of nitrogens with zero attached hydrogens (tertiary/aromatic N) is 1. The minimum absolute atomic E-state index is 0.0378. The van der Waals surface area contributed by atoms with Gasteiger partial charge in [-0.2, -0.15) is 0 Å². The molecule has 2 aromatic rings. The Kier molecular flexibility index (Phi) is 5.73. The van der Waals surface area contributed by atoms with E-state index in [2.05, 4.69) is 16.0 Å². The fourth-order valence-electron chi connectivity index (χ4n) is 2.81. The molecule has 1 heterocycles. The number of halogens is 1. The summed E-state index contributed by atoms with van der Waals surface area (Å²) in [6.07, 6.45) is -0.792. The average molecular weight is 386 g/mol. The van der Waals surface area contributed by atoms with E-state index in [1.807, 2.05) is 0 Å². The summed E-state index contributed by atoms with van der Waals surface area (Å²) in [7, 11) is 1.50. The molecule has 28 heavy (non-hydrogen) atoms. The molecule has 3 rings (SSSR count). The third-order valence-corrected chi connectivity index (χ3v) is 4.11. The molecule has 0 aromatic heterocycles. The van der Waals surface area contributed by atoms with Crippen molar-refractivity contribution in [2.45, 2.75) is 6.10 Å². The number of fused-ring (bicyclic) bond motifs is 1. The van der Waals surface area contributed by atoms with E-state index in [1.165, 1.54) is 25.2 Å². The number of carbonyl (C=O) groups is 3. The molecule has 0 aliphatic carbocycles. The van der Waals surface area contributed by atoms with Crippen molar-refractivity contribution >= 4 is 29.2 Å². The van der Waals surface area contributed by atoms with Crippen molar-refractivity contribution in [3.63, 3.8) is 0 Å². The second-order valence-electron chi connectivity index (χ2n) is 6.05. The number of nitrogens with one attached hydrogen (secondary N) is 3. The molecule has 4 amide bonds. The largest absolute Gasteiger partial charge is 0.477 e. The van der Waals surface area contributed by atoms with Gasteiger partial charge in [0, 0.05) is 7.05 Å². The zero-order valence-corrected chi connectivity index (χ0v) is 15.1. The smallest absolute Gasteiger partial charge is 0.326 e. The summed E-state index contributed by atoms with van der Waals surface area (Å²) in [6.45, 7) is -0.0440. The van der Waals surface area contributed by atoms with E-state index in [1.54, 1.807) is 35.2 Å². The van der Waals surface area contributed by atoms with Gasteiger partial charge in [-0.05, 0) is 24.3 Å². The number of likely N-dealkylation sites (N-methyl/N-ethyl adjacent to an activating group) is 1. The lowest BCUT2D eigenvalue weighted by atomic mass is 10.1. The molecule has 8 nitrogen and oxygen atoms in total. The first-order chi connectivity index (χ1) is 13.5. The van der Waals surface area contributed by atoms with Crippen LogP contribution in [-0.2, 0) is 9.59 Å². The van der Waals surface area contributed by atoms with Crippen molar-refractivity contribution in [2.75, 3.05) is 30.4 Å². The fraction of sp³-hybridized carbons (Fsp3) is 0.211. The first-order valence-electron chi connectivity index (χ1n) is 8.55. The summed E-state index contributed by atoms with van der Waals surface area (Å²) >= 11 is 0. The predicted molar refractivity (Wildman–Crippen MR) is 101 cm³/mol. The molecular weight excluding hydrogens is 367 g/mol. The quantitative estimate of drug-likeness (QED) is 0.739. The van der Waals surface area contributed by atoms with Crippen LogP contribution in [0.2, 0.25) is 0 Å². The van der Waals surface area contributed by atoms with E-state index in [0.29, 0.717) is 11.4 Å². The number of imide groups is 1. The number of para-hydroxylation sites is 3. The molecule has 0 unspecified atom stereocenters. The van der Waals surface area contributed by atoms with Crippen LogP contribution in [0.25, 0.3) is 0 Å². The Labute approximate surface area is 160 Å². The van der Waals surface area contributed by atoms with Gasteiger partial charge in [0.05, 0.1) is 24.5 Å². The van der Waals surface area contributed by atoms with Crippen molar-refractivity contribution in [1.82, 2.24) is 10.6 Å². The molecule has 0 bridgehead atoms.